The molecular weight excluding hydrogens is 284 g/mol. The van der Waals surface area contributed by atoms with E-state index in [9.17, 15) is 4.39 Å². The lowest BCUT2D eigenvalue weighted by Gasteiger charge is -2.16. The van der Waals surface area contributed by atoms with Crippen molar-refractivity contribution in [3.05, 3.63) is 69.5 Å². The van der Waals surface area contributed by atoms with Crippen LogP contribution in [0, 0.1) is 5.82 Å². The van der Waals surface area contributed by atoms with E-state index in [0.717, 1.165) is 16.1 Å². The molecule has 2 aromatic rings. The highest BCUT2D eigenvalue weighted by Crippen LogP contribution is 2.23. The van der Waals surface area contributed by atoms with E-state index in [1.165, 1.54) is 12.1 Å². The maximum atomic E-state index is 12.9. The SMILES string of the molecule is C[C@H](NCc1ccc(F)cc1Cl)c1ccccc1Cl. The lowest BCUT2D eigenvalue weighted by molar-refractivity contribution is 0.573. The van der Waals surface area contributed by atoms with Gasteiger partial charge in [0.1, 0.15) is 5.82 Å². The Kier molecular flexibility index (Phi) is 4.81. The van der Waals surface area contributed by atoms with Crippen LogP contribution >= 0.6 is 23.2 Å². The Hall–Kier alpha value is -1.09. The Bertz CT molecular complexity index is 572. The molecule has 0 heterocycles. The molecule has 1 atom stereocenters. The monoisotopic (exact) mass is 297 g/mol. The van der Waals surface area contributed by atoms with Gasteiger partial charge in [0.2, 0.25) is 0 Å². The summed E-state index contributed by atoms with van der Waals surface area (Å²) in [5, 5.41) is 4.48. The summed E-state index contributed by atoms with van der Waals surface area (Å²) >= 11 is 12.1. The second-order valence-corrected chi connectivity index (χ2v) is 5.17. The molecule has 0 fully saturated rings. The Labute approximate surface area is 122 Å². The Morgan fingerprint density at radius 3 is 2.53 bits per heavy atom. The van der Waals surface area contributed by atoms with Crippen LogP contribution in [0.15, 0.2) is 42.5 Å². The van der Waals surface area contributed by atoms with Crippen LogP contribution in [-0.2, 0) is 6.54 Å². The molecular formula is C15H14Cl2FN. The molecule has 0 saturated heterocycles. The Morgan fingerprint density at radius 2 is 1.84 bits per heavy atom. The zero-order chi connectivity index (χ0) is 13.8. The first-order valence-electron chi connectivity index (χ1n) is 5.99. The van der Waals surface area contributed by atoms with Crippen molar-refractivity contribution in [3.8, 4) is 0 Å². The molecule has 4 heteroatoms. The van der Waals surface area contributed by atoms with Crippen LogP contribution in [0.5, 0.6) is 0 Å². The number of rotatable bonds is 4. The van der Waals surface area contributed by atoms with Gasteiger partial charge in [-0.1, -0.05) is 47.5 Å². The van der Waals surface area contributed by atoms with Gasteiger partial charge in [0.15, 0.2) is 0 Å². The highest BCUT2D eigenvalue weighted by molar-refractivity contribution is 6.31. The molecule has 1 nitrogen and oxygen atoms in total. The zero-order valence-electron chi connectivity index (χ0n) is 10.5. The first-order valence-corrected chi connectivity index (χ1v) is 6.75. The molecule has 0 unspecified atom stereocenters. The summed E-state index contributed by atoms with van der Waals surface area (Å²) in [4.78, 5) is 0. The molecule has 1 N–H and O–H groups in total. The minimum absolute atomic E-state index is 0.0924. The van der Waals surface area contributed by atoms with Gasteiger partial charge in [-0.3, -0.25) is 0 Å². The molecule has 0 radical (unpaired) electrons. The van der Waals surface area contributed by atoms with Crippen LogP contribution in [0.1, 0.15) is 24.1 Å². The summed E-state index contributed by atoms with van der Waals surface area (Å²) in [6.07, 6.45) is 0. The number of benzene rings is 2. The maximum Gasteiger partial charge on any atom is 0.124 e. The molecule has 0 saturated carbocycles. The van der Waals surface area contributed by atoms with Crippen molar-refractivity contribution in [2.45, 2.75) is 19.5 Å². The van der Waals surface area contributed by atoms with Gasteiger partial charge in [-0.05, 0) is 36.2 Å². The van der Waals surface area contributed by atoms with Crippen molar-refractivity contribution in [3.63, 3.8) is 0 Å². The fourth-order valence-electron chi connectivity index (χ4n) is 1.86. The molecule has 0 spiro atoms. The van der Waals surface area contributed by atoms with Crippen LogP contribution in [0.4, 0.5) is 4.39 Å². The average Bonchev–Trinajstić information content (AvgIpc) is 2.38. The average molecular weight is 298 g/mol. The summed E-state index contributed by atoms with van der Waals surface area (Å²) in [7, 11) is 0. The number of hydrogen-bond acceptors (Lipinski definition) is 1. The van der Waals surface area contributed by atoms with Crippen LogP contribution in [0.2, 0.25) is 10.0 Å². The van der Waals surface area contributed by atoms with Gasteiger partial charge >= 0.3 is 0 Å². The minimum atomic E-state index is -0.326. The fourth-order valence-corrected chi connectivity index (χ4v) is 2.40. The topological polar surface area (TPSA) is 12.0 Å². The van der Waals surface area contributed by atoms with E-state index in [4.69, 9.17) is 23.2 Å². The third-order valence-electron chi connectivity index (χ3n) is 2.99. The van der Waals surface area contributed by atoms with Crippen molar-refractivity contribution >= 4 is 23.2 Å². The van der Waals surface area contributed by atoms with Gasteiger partial charge in [0.05, 0.1) is 0 Å². The molecule has 2 rings (SSSR count). The number of hydrogen-bond donors (Lipinski definition) is 1. The van der Waals surface area contributed by atoms with Crippen LogP contribution in [0.25, 0.3) is 0 Å². The molecule has 0 aliphatic rings. The summed E-state index contributed by atoms with van der Waals surface area (Å²) < 4.78 is 12.9. The standard InChI is InChI=1S/C15H14Cl2FN/c1-10(13-4-2-3-5-14(13)16)19-9-11-6-7-12(18)8-15(11)17/h2-8,10,19H,9H2,1H3/t10-/m0/s1. The summed E-state index contributed by atoms with van der Waals surface area (Å²) in [6, 6.07) is 12.2. The second-order valence-electron chi connectivity index (χ2n) is 4.36. The molecule has 0 aliphatic heterocycles. The summed E-state index contributed by atoms with van der Waals surface area (Å²) in [5.41, 5.74) is 1.89. The van der Waals surface area contributed by atoms with Crippen LogP contribution in [0.3, 0.4) is 0 Å². The van der Waals surface area contributed by atoms with Crippen molar-refractivity contribution in [1.82, 2.24) is 5.32 Å². The van der Waals surface area contributed by atoms with Crippen LogP contribution in [-0.4, -0.2) is 0 Å². The predicted octanol–water partition coefficient (Wildman–Crippen LogP) is 4.98. The predicted molar refractivity (Wildman–Crippen MR) is 78.1 cm³/mol. The number of nitrogens with one attached hydrogen (secondary N) is 1. The van der Waals surface area contributed by atoms with E-state index in [1.54, 1.807) is 6.07 Å². The normalized spacial score (nSPS) is 12.4. The van der Waals surface area contributed by atoms with Gasteiger partial charge in [0.25, 0.3) is 0 Å². The first-order chi connectivity index (χ1) is 9.08. The van der Waals surface area contributed by atoms with Crippen LogP contribution < -0.4 is 5.32 Å². The quantitative estimate of drug-likeness (QED) is 0.839. The van der Waals surface area contributed by atoms with Gasteiger partial charge in [-0.2, -0.15) is 0 Å². The summed E-state index contributed by atoms with van der Waals surface area (Å²) in [5.74, 6) is -0.326. The van der Waals surface area contributed by atoms with Gasteiger partial charge in [0, 0.05) is 22.6 Å². The lowest BCUT2D eigenvalue weighted by atomic mass is 10.1. The first kappa shape index (κ1) is 14.3. The van der Waals surface area contributed by atoms with Crippen molar-refractivity contribution in [2.24, 2.45) is 0 Å². The highest BCUT2D eigenvalue weighted by Gasteiger charge is 2.09. The van der Waals surface area contributed by atoms with Crippen molar-refractivity contribution in [1.29, 1.82) is 0 Å². The molecule has 0 aromatic heterocycles. The smallest absolute Gasteiger partial charge is 0.124 e. The minimum Gasteiger partial charge on any atom is -0.306 e. The third-order valence-corrected chi connectivity index (χ3v) is 3.68. The highest BCUT2D eigenvalue weighted by atomic mass is 35.5. The maximum absolute atomic E-state index is 12.9. The molecule has 0 bridgehead atoms. The molecule has 100 valence electrons. The molecule has 0 amide bonds. The van der Waals surface area contributed by atoms with E-state index >= 15 is 0 Å². The van der Waals surface area contributed by atoms with E-state index in [2.05, 4.69) is 5.32 Å². The Morgan fingerprint density at radius 1 is 1.11 bits per heavy atom. The second kappa shape index (κ2) is 6.38. The van der Waals surface area contributed by atoms with E-state index < -0.39 is 0 Å². The summed E-state index contributed by atoms with van der Waals surface area (Å²) in [6.45, 7) is 2.59. The Balaban J connectivity index is 2.04. The van der Waals surface area contributed by atoms with Crippen molar-refractivity contribution < 1.29 is 4.39 Å². The zero-order valence-corrected chi connectivity index (χ0v) is 12.0. The van der Waals surface area contributed by atoms with Crippen molar-refractivity contribution in [2.75, 3.05) is 0 Å². The van der Waals surface area contributed by atoms with Gasteiger partial charge in [-0.25, -0.2) is 4.39 Å². The van der Waals surface area contributed by atoms with E-state index in [1.807, 2.05) is 31.2 Å². The van der Waals surface area contributed by atoms with Gasteiger partial charge in [-0.15, -0.1) is 0 Å². The van der Waals surface area contributed by atoms with E-state index in [-0.39, 0.29) is 11.9 Å². The van der Waals surface area contributed by atoms with Gasteiger partial charge < -0.3 is 5.32 Å². The molecule has 19 heavy (non-hydrogen) atoms. The number of halogens is 3. The largest absolute Gasteiger partial charge is 0.306 e. The molecule has 2 aromatic carbocycles. The lowest BCUT2D eigenvalue weighted by Crippen LogP contribution is -2.18. The fraction of sp³-hybridized carbons (Fsp3) is 0.200. The molecule has 0 aliphatic carbocycles. The van der Waals surface area contributed by atoms with E-state index in [0.29, 0.717) is 11.6 Å². The third kappa shape index (κ3) is 3.69.